The first kappa shape index (κ1) is 15.1. The largest absolute Gasteiger partial charge is 0.327 e. The van der Waals surface area contributed by atoms with E-state index >= 15 is 0 Å². The first-order chi connectivity index (χ1) is 10.7. The first-order valence-corrected chi connectivity index (χ1v) is 8.34. The summed E-state index contributed by atoms with van der Waals surface area (Å²) >= 11 is 0. The molecule has 6 nitrogen and oxygen atoms in total. The molecule has 1 aliphatic rings. The molecular weight excluding hydrogens is 280 g/mol. The van der Waals surface area contributed by atoms with E-state index in [1.165, 1.54) is 25.7 Å². The lowest BCUT2D eigenvalue weighted by molar-refractivity contribution is 0.287. The lowest BCUT2D eigenvalue weighted by atomic mass is 9.91. The number of imidazole rings is 1. The molecule has 2 atom stereocenters. The van der Waals surface area contributed by atoms with Gasteiger partial charge in [0.25, 0.3) is 5.56 Å². The summed E-state index contributed by atoms with van der Waals surface area (Å²) in [6, 6.07) is 0.336. The van der Waals surface area contributed by atoms with Gasteiger partial charge in [-0.05, 0) is 37.5 Å². The van der Waals surface area contributed by atoms with Crippen LogP contribution in [0.15, 0.2) is 15.9 Å². The summed E-state index contributed by atoms with van der Waals surface area (Å²) in [6.07, 6.45) is 8.84. The zero-order valence-corrected chi connectivity index (χ0v) is 13.3. The van der Waals surface area contributed by atoms with Crippen LogP contribution in [-0.4, -0.2) is 19.5 Å². The highest BCUT2D eigenvalue weighted by molar-refractivity contribution is 5.68. The zero-order valence-electron chi connectivity index (χ0n) is 13.3. The van der Waals surface area contributed by atoms with E-state index in [2.05, 4.69) is 33.4 Å². The minimum atomic E-state index is -0.462. The van der Waals surface area contributed by atoms with Gasteiger partial charge < -0.3 is 4.57 Å². The Balaban J connectivity index is 2.10. The van der Waals surface area contributed by atoms with Gasteiger partial charge in [0.2, 0.25) is 0 Å². The van der Waals surface area contributed by atoms with E-state index in [1.54, 1.807) is 6.33 Å². The summed E-state index contributed by atoms with van der Waals surface area (Å²) in [5.74, 6) is 1.20. The summed E-state index contributed by atoms with van der Waals surface area (Å²) in [5.41, 5.74) is 0.0331. The van der Waals surface area contributed by atoms with Gasteiger partial charge in [-0.15, -0.1) is 0 Å². The van der Waals surface area contributed by atoms with Gasteiger partial charge in [-0.2, -0.15) is 0 Å². The molecule has 22 heavy (non-hydrogen) atoms. The minimum absolute atomic E-state index is 0.331. The van der Waals surface area contributed by atoms with Gasteiger partial charge in [-0.1, -0.05) is 26.7 Å². The topological polar surface area (TPSA) is 83.5 Å². The van der Waals surface area contributed by atoms with Crippen LogP contribution < -0.4 is 11.2 Å². The molecule has 0 amide bonds. The second kappa shape index (κ2) is 6.10. The van der Waals surface area contributed by atoms with Crippen molar-refractivity contribution in [2.24, 2.45) is 11.8 Å². The lowest BCUT2D eigenvalue weighted by Crippen LogP contribution is -2.25. The molecule has 0 bridgehead atoms. The van der Waals surface area contributed by atoms with Crippen molar-refractivity contribution in [1.29, 1.82) is 0 Å². The van der Waals surface area contributed by atoms with Crippen LogP contribution in [-0.2, 0) is 0 Å². The molecule has 1 fully saturated rings. The van der Waals surface area contributed by atoms with Crippen molar-refractivity contribution in [3.8, 4) is 0 Å². The van der Waals surface area contributed by atoms with Crippen LogP contribution in [0.5, 0.6) is 0 Å². The zero-order chi connectivity index (χ0) is 15.7. The van der Waals surface area contributed by atoms with Crippen molar-refractivity contribution in [2.75, 3.05) is 0 Å². The minimum Gasteiger partial charge on any atom is -0.313 e. The van der Waals surface area contributed by atoms with Crippen molar-refractivity contribution >= 4 is 11.2 Å². The van der Waals surface area contributed by atoms with Gasteiger partial charge in [-0.25, -0.2) is 9.78 Å². The third-order valence-corrected chi connectivity index (χ3v) is 4.98. The molecule has 0 spiro atoms. The van der Waals surface area contributed by atoms with Crippen LogP contribution in [0.3, 0.4) is 0 Å². The summed E-state index contributed by atoms with van der Waals surface area (Å²) in [5, 5.41) is 0. The number of hydrogen-bond acceptors (Lipinski definition) is 3. The molecule has 6 heteroatoms. The number of H-pyrrole nitrogens is 2. The van der Waals surface area contributed by atoms with E-state index in [9.17, 15) is 9.59 Å². The van der Waals surface area contributed by atoms with E-state index in [1.807, 2.05) is 0 Å². The average Bonchev–Trinajstić information content (AvgIpc) is 3.04. The van der Waals surface area contributed by atoms with Crippen LogP contribution >= 0.6 is 0 Å². The van der Waals surface area contributed by atoms with Gasteiger partial charge in [0.05, 0.1) is 6.33 Å². The molecule has 2 unspecified atom stereocenters. The molecule has 1 aliphatic carbocycles. The number of aromatic amines is 2. The fraction of sp³-hybridized carbons (Fsp3) is 0.688. The van der Waals surface area contributed by atoms with E-state index < -0.39 is 11.2 Å². The molecular formula is C16H24N4O2. The van der Waals surface area contributed by atoms with E-state index in [4.69, 9.17) is 0 Å². The SMILES string of the molecule is CCCC1CCC(CCC)C1n1cnc2c(=O)[nH]c(=O)[nH]c21. The van der Waals surface area contributed by atoms with Gasteiger partial charge in [0, 0.05) is 6.04 Å². The number of nitrogens with one attached hydrogen (secondary N) is 2. The molecule has 2 aromatic heterocycles. The second-order valence-electron chi connectivity index (χ2n) is 6.42. The third kappa shape index (κ3) is 2.51. The Morgan fingerprint density at radius 2 is 1.77 bits per heavy atom. The highest BCUT2D eigenvalue weighted by atomic mass is 16.2. The van der Waals surface area contributed by atoms with Crippen molar-refractivity contribution in [2.45, 2.75) is 58.4 Å². The maximum absolute atomic E-state index is 11.9. The number of aromatic nitrogens is 4. The van der Waals surface area contributed by atoms with Crippen molar-refractivity contribution in [1.82, 2.24) is 19.5 Å². The van der Waals surface area contributed by atoms with Crippen molar-refractivity contribution in [3.63, 3.8) is 0 Å². The van der Waals surface area contributed by atoms with Crippen molar-refractivity contribution < 1.29 is 0 Å². The maximum atomic E-state index is 11.9. The number of fused-ring (bicyclic) bond motifs is 1. The number of rotatable bonds is 5. The Kier molecular flexibility index (Phi) is 4.18. The van der Waals surface area contributed by atoms with E-state index in [0.29, 0.717) is 29.0 Å². The fourth-order valence-corrected chi connectivity index (χ4v) is 4.16. The van der Waals surface area contributed by atoms with Crippen LogP contribution in [0, 0.1) is 11.8 Å². The van der Waals surface area contributed by atoms with E-state index in [0.717, 1.165) is 12.8 Å². The number of nitrogens with zero attached hydrogens (tertiary/aromatic N) is 2. The Bertz CT molecular complexity index is 743. The smallest absolute Gasteiger partial charge is 0.313 e. The van der Waals surface area contributed by atoms with E-state index in [-0.39, 0.29) is 0 Å². The molecule has 120 valence electrons. The quantitative estimate of drug-likeness (QED) is 0.890. The van der Waals surface area contributed by atoms with Crippen molar-refractivity contribution in [3.05, 3.63) is 27.2 Å². The average molecular weight is 304 g/mol. The Morgan fingerprint density at radius 1 is 1.14 bits per heavy atom. The van der Waals surface area contributed by atoms with Gasteiger partial charge >= 0.3 is 5.69 Å². The Labute approximate surface area is 129 Å². The second-order valence-corrected chi connectivity index (χ2v) is 6.42. The molecule has 2 heterocycles. The predicted octanol–water partition coefficient (Wildman–Crippen LogP) is 2.58. The summed E-state index contributed by atoms with van der Waals surface area (Å²) in [4.78, 5) is 32.8. The molecule has 0 aliphatic heterocycles. The molecule has 0 aromatic carbocycles. The molecule has 3 rings (SSSR count). The van der Waals surface area contributed by atoms with Crippen LogP contribution in [0.2, 0.25) is 0 Å². The molecule has 2 aromatic rings. The normalized spacial score (nSPS) is 25.1. The van der Waals surface area contributed by atoms with Gasteiger partial charge in [0.1, 0.15) is 5.65 Å². The monoisotopic (exact) mass is 304 g/mol. The molecule has 2 N–H and O–H groups in total. The van der Waals surface area contributed by atoms with Crippen LogP contribution in [0.25, 0.3) is 11.2 Å². The Hall–Kier alpha value is -1.85. The summed E-state index contributed by atoms with van der Waals surface area (Å²) in [6.45, 7) is 4.42. The summed E-state index contributed by atoms with van der Waals surface area (Å²) in [7, 11) is 0. The van der Waals surface area contributed by atoms with Gasteiger partial charge in [-0.3, -0.25) is 14.8 Å². The Morgan fingerprint density at radius 3 is 2.36 bits per heavy atom. The fourth-order valence-electron chi connectivity index (χ4n) is 4.16. The maximum Gasteiger partial charge on any atom is 0.327 e. The predicted molar refractivity (Wildman–Crippen MR) is 86.0 cm³/mol. The highest BCUT2D eigenvalue weighted by Crippen LogP contribution is 2.45. The molecule has 0 radical (unpaired) electrons. The first-order valence-electron chi connectivity index (χ1n) is 8.34. The lowest BCUT2D eigenvalue weighted by Gasteiger charge is -2.26. The molecule has 0 saturated heterocycles. The van der Waals surface area contributed by atoms with Crippen LogP contribution in [0.1, 0.15) is 58.4 Å². The standard InChI is InChI=1S/C16H24N4O2/c1-3-5-10-7-8-11(6-4-2)13(10)20-9-17-12-14(20)18-16(22)19-15(12)21/h9-11,13H,3-8H2,1-2H3,(H2,18,19,21,22). The molecule has 1 saturated carbocycles. The summed E-state index contributed by atoms with van der Waals surface area (Å²) < 4.78 is 2.06. The van der Waals surface area contributed by atoms with Crippen LogP contribution in [0.4, 0.5) is 0 Å². The highest BCUT2D eigenvalue weighted by Gasteiger charge is 2.37. The number of hydrogen-bond donors (Lipinski definition) is 2. The third-order valence-electron chi connectivity index (χ3n) is 4.98. The van der Waals surface area contributed by atoms with Gasteiger partial charge in [0.15, 0.2) is 5.52 Å².